The van der Waals surface area contributed by atoms with Crippen LogP contribution in [0.1, 0.15) is 0 Å². The lowest BCUT2D eigenvalue weighted by atomic mass is 9.98. The molecular formula is C12H24N2O10. The molecule has 0 aromatic heterocycles. The summed E-state index contributed by atoms with van der Waals surface area (Å²) in [5, 5.41) is 79.3. The molecule has 12 nitrogen and oxygen atoms in total. The molecule has 1 heterocycles. The number of nitrogens with two attached hydrogens (primary N) is 1. The number of hydrazone groups is 1. The van der Waals surface area contributed by atoms with Gasteiger partial charge in [0, 0.05) is 0 Å². The van der Waals surface area contributed by atoms with Gasteiger partial charge in [-0.2, -0.15) is 5.10 Å². The molecule has 0 bridgehead atoms. The van der Waals surface area contributed by atoms with Gasteiger partial charge in [-0.1, -0.05) is 0 Å². The first-order chi connectivity index (χ1) is 11.3. The average molecular weight is 356 g/mol. The van der Waals surface area contributed by atoms with E-state index in [4.69, 9.17) is 25.5 Å². The summed E-state index contributed by atoms with van der Waals surface area (Å²) in [5.41, 5.74) is -0.341. The van der Waals surface area contributed by atoms with E-state index in [1.54, 1.807) is 0 Å². The minimum atomic E-state index is -1.81. The molecule has 0 saturated carbocycles. The predicted molar refractivity (Wildman–Crippen MR) is 76.4 cm³/mol. The van der Waals surface area contributed by atoms with Crippen molar-refractivity contribution in [1.82, 2.24) is 0 Å². The number of rotatable bonds is 8. The lowest BCUT2D eigenvalue weighted by molar-refractivity contribution is -0.312. The van der Waals surface area contributed by atoms with Gasteiger partial charge in [0.05, 0.1) is 25.5 Å². The number of hydrogen-bond donors (Lipinski definition) is 9. The third-order valence-corrected chi connectivity index (χ3v) is 3.68. The Kier molecular flexibility index (Phi) is 8.38. The first-order valence-corrected chi connectivity index (χ1v) is 7.12. The molecule has 1 fully saturated rings. The summed E-state index contributed by atoms with van der Waals surface area (Å²) in [5.74, 6) is 5.07. The van der Waals surface area contributed by atoms with Gasteiger partial charge in [-0.25, -0.2) is 0 Å². The Bertz CT molecular complexity index is 409. The van der Waals surface area contributed by atoms with Gasteiger partial charge >= 0.3 is 0 Å². The quantitative estimate of drug-likeness (QED) is 0.113. The molecule has 0 amide bonds. The number of aliphatic hydroxyl groups is 8. The van der Waals surface area contributed by atoms with Crippen molar-refractivity contribution in [3.63, 3.8) is 0 Å². The summed E-state index contributed by atoms with van der Waals surface area (Å²) in [6.07, 6.45) is -13.1. The van der Waals surface area contributed by atoms with Gasteiger partial charge in [0.2, 0.25) is 0 Å². The second-order valence-corrected chi connectivity index (χ2v) is 5.27. The highest BCUT2D eigenvalue weighted by atomic mass is 16.7. The molecule has 24 heavy (non-hydrogen) atoms. The Hall–Kier alpha value is -0.930. The standard InChI is InChI=1S/C12H24N2O10/c13-14-4(1-15)11(7(19)5(18)2-16)24-12-10(22)9(21)8(20)6(3-17)23-12/h5-12,15-22H,1-3,13H2/b14-4-/t5-,6-,7-,8-,9+,10-,11-,12-/m1/s1. The maximum absolute atomic E-state index is 9.99. The number of ether oxygens (including phenoxy) is 2. The zero-order valence-corrected chi connectivity index (χ0v) is 12.7. The molecule has 0 aromatic carbocycles. The van der Waals surface area contributed by atoms with Gasteiger partial charge in [-0.3, -0.25) is 0 Å². The Morgan fingerprint density at radius 2 is 1.71 bits per heavy atom. The molecule has 1 saturated heterocycles. The Morgan fingerprint density at radius 1 is 1.08 bits per heavy atom. The van der Waals surface area contributed by atoms with Crippen molar-refractivity contribution in [2.24, 2.45) is 10.9 Å². The van der Waals surface area contributed by atoms with Crippen LogP contribution in [0, 0.1) is 0 Å². The average Bonchev–Trinajstić information content (AvgIpc) is 2.60. The fraction of sp³-hybridized carbons (Fsp3) is 0.917. The number of aliphatic hydroxyl groups excluding tert-OH is 8. The van der Waals surface area contributed by atoms with Crippen molar-refractivity contribution < 1.29 is 50.3 Å². The normalized spacial score (nSPS) is 35.5. The van der Waals surface area contributed by atoms with E-state index in [-0.39, 0.29) is 5.71 Å². The molecule has 0 radical (unpaired) electrons. The van der Waals surface area contributed by atoms with E-state index < -0.39 is 68.8 Å². The van der Waals surface area contributed by atoms with Crippen LogP contribution in [0.2, 0.25) is 0 Å². The predicted octanol–water partition coefficient (Wildman–Crippen LogP) is -5.81. The fourth-order valence-corrected chi connectivity index (χ4v) is 2.19. The minimum absolute atomic E-state index is 0.341. The fourth-order valence-electron chi connectivity index (χ4n) is 2.19. The zero-order chi connectivity index (χ0) is 18.4. The third kappa shape index (κ3) is 4.58. The molecule has 0 aliphatic carbocycles. The molecule has 1 rings (SSSR count). The Balaban J connectivity index is 2.99. The van der Waals surface area contributed by atoms with Crippen molar-refractivity contribution in [1.29, 1.82) is 0 Å². The molecule has 1 aliphatic rings. The summed E-state index contributed by atoms with van der Waals surface area (Å²) in [6.45, 7) is -2.33. The maximum atomic E-state index is 9.99. The van der Waals surface area contributed by atoms with Crippen molar-refractivity contribution in [2.75, 3.05) is 19.8 Å². The molecule has 0 aromatic rings. The lowest BCUT2D eigenvalue weighted by Crippen LogP contribution is -2.61. The van der Waals surface area contributed by atoms with E-state index in [0.717, 1.165) is 0 Å². The largest absolute Gasteiger partial charge is 0.394 e. The zero-order valence-electron chi connectivity index (χ0n) is 12.7. The third-order valence-electron chi connectivity index (χ3n) is 3.68. The first-order valence-electron chi connectivity index (χ1n) is 7.12. The van der Waals surface area contributed by atoms with Crippen molar-refractivity contribution in [3.05, 3.63) is 0 Å². The van der Waals surface area contributed by atoms with Crippen LogP contribution in [-0.2, 0) is 9.47 Å². The van der Waals surface area contributed by atoms with Crippen LogP contribution in [0.3, 0.4) is 0 Å². The highest BCUT2D eigenvalue weighted by Crippen LogP contribution is 2.24. The van der Waals surface area contributed by atoms with Crippen LogP contribution in [0.15, 0.2) is 5.10 Å². The van der Waals surface area contributed by atoms with Crippen LogP contribution >= 0.6 is 0 Å². The molecule has 10 N–H and O–H groups in total. The van der Waals surface area contributed by atoms with Crippen LogP contribution in [0.4, 0.5) is 0 Å². The van der Waals surface area contributed by atoms with Gasteiger partial charge in [0.1, 0.15) is 42.7 Å². The maximum Gasteiger partial charge on any atom is 0.187 e. The number of nitrogens with zero attached hydrogens (tertiary/aromatic N) is 1. The Morgan fingerprint density at radius 3 is 2.17 bits per heavy atom. The topological polar surface area (TPSA) is 219 Å². The van der Waals surface area contributed by atoms with E-state index >= 15 is 0 Å². The number of hydrogen-bond acceptors (Lipinski definition) is 12. The van der Waals surface area contributed by atoms with Crippen LogP contribution < -0.4 is 5.84 Å². The van der Waals surface area contributed by atoms with E-state index in [2.05, 4.69) is 5.10 Å². The van der Waals surface area contributed by atoms with Gasteiger partial charge in [0.15, 0.2) is 6.29 Å². The van der Waals surface area contributed by atoms with E-state index in [1.807, 2.05) is 0 Å². The van der Waals surface area contributed by atoms with Crippen LogP contribution in [0.5, 0.6) is 0 Å². The van der Waals surface area contributed by atoms with E-state index in [9.17, 15) is 30.6 Å². The van der Waals surface area contributed by atoms with Crippen LogP contribution in [-0.4, -0.2) is 115 Å². The SMILES string of the molecule is N/N=C(/CO)[C@@H](O[C@H]1O[C@H](CO)[C@@H](O)[C@H](O)[C@H]1O)[C@H](O)[C@H](O)CO. The molecule has 12 heteroatoms. The summed E-state index contributed by atoms with van der Waals surface area (Å²) < 4.78 is 10.3. The van der Waals surface area contributed by atoms with Crippen molar-refractivity contribution >= 4 is 5.71 Å². The van der Waals surface area contributed by atoms with Crippen molar-refractivity contribution in [3.8, 4) is 0 Å². The molecule has 1 aliphatic heterocycles. The second kappa shape index (κ2) is 9.53. The van der Waals surface area contributed by atoms with Crippen molar-refractivity contribution in [2.45, 2.75) is 49.0 Å². The highest BCUT2D eigenvalue weighted by molar-refractivity contribution is 5.90. The molecule has 8 atom stereocenters. The Labute approximate surface area is 137 Å². The highest BCUT2D eigenvalue weighted by Gasteiger charge is 2.46. The summed E-state index contributed by atoms with van der Waals surface area (Å²) in [7, 11) is 0. The summed E-state index contributed by atoms with van der Waals surface area (Å²) >= 11 is 0. The second-order valence-electron chi connectivity index (χ2n) is 5.27. The van der Waals surface area contributed by atoms with E-state index in [1.165, 1.54) is 0 Å². The first kappa shape index (κ1) is 21.1. The van der Waals surface area contributed by atoms with Gasteiger partial charge in [-0.15, -0.1) is 0 Å². The molecule has 0 unspecified atom stereocenters. The van der Waals surface area contributed by atoms with Gasteiger partial charge < -0.3 is 56.2 Å². The molecule has 0 spiro atoms. The lowest BCUT2D eigenvalue weighted by Gasteiger charge is -2.41. The molecular weight excluding hydrogens is 332 g/mol. The van der Waals surface area contributed by atoms with E-state index in [0.29, 0.717) is 0 Å². The van der Waals surface area contributed by atoms with Gasteiger partial charge in [0.25, 0.3) is 0 Å². The summed E-state index contributed by atoms with van der Waals surface area (Å²) in [6, 6.07) is 0. The monoisotopic (exact) mass is 356 g/mol. The van der Waals surface area contributed by atoms with Crippen LogP contribution in [0.25, 0.3) is 0 Å². The summed E-state index contributed by atoms with van der Waals surface area (Å²) in [4.78, 5) is 0. The van der Waals surface area contributed by atoms with Gasteiger partial charge in [-0.05, 0) is 0 Å². The molecule has 142 valence electrons. The smallest absolute Gasteiger partial charge is 0.187 e. The minimum Gasteiger partial charge on any atom is -0.394 e.